The minimum atomic E-state index is -4.71. The second-order valence-corrected chi connectivity index (χ2v) is 12.6. The van der Waals surface area contributed by atoms with Crippen LogP contribution in [0.1, 0.15) is 42.5 Å². The number of halogens is 3. The number of ether oxygens (including phenoxy) is 2. The Morgan fingerprint density at radius 1 is 1.12 bits per heavy atom. The first-order chi connectivity index (χ1) is 19.8. The Morgan fingerprint density at radius 2 is 1.81 bits per heavy atom. The molecule has 3 amide bonds. The van der Waals surface area contributed by atoms with Gasteiger partial charge >= 0.3 is 12.3 Å². The van der Waals surface area contributed by atoms with Crippen molar-refractivity contribution in [2.24, 2.45) is 10.6 Å². The quantitative estimate of drug-likeness (QED) is 0.488. The summed E-state index contributed by atoms with van der Waals surface area (Å²) in [5, 5.41) is 7.49. The lowest BCUT2D eigenvalue weighted by Crippen LogP contribution is -2.44. The van der Waals surface area contributed by atoms with Crippen LogP contribution in [0.4, 0.5) is 23.7 Å². The highest BCUT2D eigenvalue weighted by atomic mass is 32.2. The molecule has 0 radical (unpaired) electrons. The van der Waals surface area contributed by atoms with Gasteiger partial charge in [0, 0.05) is 43.2 Å². The summed E-state index contributed by atoms with van der Waals surface area (Å²) in [5.74, 6) is -1.09. The van der Waals surface area contributed by atoms with Crippen molar-refractivity contribution < 1.29 is 45.4 Å². The number of methoxy groups -OCH3 is 1. The van der Waals surface area contributed by atoms with E-state index in [2.05, 4.69) is 15.3 Å². The zero-order chi connectivity index (χ0) is 32.0. The van der Waals surface area contributed by atoms with E-state index in [1.807, 2.05) is 0 Å². The molecule has 2 aromatic heterocycles. The number of aromatic nitrogens is 2. The van der Waals surface area contributed by atoms with Crippen molar-refractivity contribution in [3.05, 3.63) is 59.3 Å². The summed E-state index contributed by atoms with van der Waals surface area (Å²) in [4.78, 5) is 48.5. The third-order valence-electron chi connectivity index (χ3n) is 6.88. The lowest BCUT2D eigenvalue weighted by Gasteiger charge is -2.27. The van der Waals surface area contributed by atoms with Crippen molar-refractivity contribution >= 4 is 33.6 Å². The summed E-state index contributed by atoms with van der Waals surface area (Å²) < 4.78 is 73.8. The summed E-state index contributed by atoms with van der Waals surface area (Å²) in [7, 11) is -2.58. The van der Waals surface area contributed by atoms with Crippen molar-refractivity contribution in [3.63, 3.8) is 0 Å². The monoisotopic (exact) mass is 626 g/mol. The molecule has 232 valence electrons. The Balaban J connectivity index is 1.46. The number of fused-ring (bicyclic) bond motifs is 1. The number of likely N-dealkylation sites (tertiary alicyclic amines) is 1. The van der Waals surface area contributed by atoms with Gasteiger partial charge in [-0.05, 0) is 18.2 Å². The maximum Gasteiger partial charge on any atom is 0.417 e. The highest BCUT2D eigenvalue weighted by molar-refractivity contribution is 7.89. The molecule has 2 aliphatic heterocycles. The minimum Gasteiger partial charge on any atom is -0.443 e. The standard InChI is InChI=1S/C26H29F3N6O7S/c1-24(2,3)22(37)33-19-7-15(26(27,28)29)8-31-20(19)12-42-23(38)35-11-16-10-34(13-25(16,14-35)41-4)21(36)18-6-5-17(9-32-18)43(30,39)40/h5-10H,11-14H2,1-4H3,(H,33,37)(H2,30,39,40). The van der Waals surface area contributed by atoms with Gasteiger partial charge in [0.2, 0.25) is 15.9 Å². The van der Waals surface area contributed by atoms with Gasteiger partial charge in [-0.2, -0.15) is 13.2 Å². The van der Waals surface area contributed by atoms with Crippen molar-refractivity contribution in [3.8, 4) is 0 Å². The molecule has 0 spiro atoms. The molecule has 3 N–H and O–H groups in total. The number of hydrogen-bond acceptors (Lipinski definition) is 9. The van der Waals surface area contributed by atoms with Crippen LogP contribution in [0.15, 0.2) is 47.3 Å². The summed E-state index contributed by atoms with van der Waals surface area (Å²) >= 11 is 0. The van der Waals surface area contributed by atoms with Crippen LogP contribution in [0.3, 0.4) is 0 Å². The lowest BCUT2D eigenvalue weighted by molar-refractivity contribution is -0.137. The van der Waals surface area contributed by atoms with Crippen molar-refractivity contribution in [1.29, 1.82) is 0 Å². The molecule has 1 atom stereocenters. The molecule has 1 saturated heterocycles. The van der Waals surface area contributed by atoms with E-state index in [4.69, 9.17) is 14.6 Å². The molecular weight excluding hydrogens is 597 g/mol. The molecule has 0 aromatic carbocycles. The summed E-state index contributed by atoms with van der Waals surface area (Å²) in [5.41, 5.74) is -2.85. The normalized spacial score (nSPS) is 18.7. The molecule has 0 saturated carbocycles. The fraction of sp³-hybridized carbons (Fsp3) is 0.423. The van der Waals surface area contributed by atoms with Crippen LogP contribution < -0.4 is 10.5 Å². The average molecular weight is 627 g/mol. The fourth-order valence-corrected chi connectivity index (χ4v) is 4.84. The smallest absolute Gasteiger partial charge is 0.417 e. The lowest BCUT2D eigenvalue weighted by atomic mass is 9.95. The van der Waals surface area contributed by atoms with Crippen molar-refractivity contribution in [1.82, 2.24) is 19.8 Å². The summed E-state index contributed by atoms with van der Waals surface area (Å²) in [6, 6.07) is 3.12. The Bertz CT molecular complexity index is 1590. The van der Waals surface area contributed by atoms with Gasteiger partial charge in [0.15, 0.2) is 0 Å². The maximum atomic E-state index is 13.3. The van der Waals surface area contributed by atoms with Gasteiger partial charge in [-0.3, -0.25) is 14.6 Å². The maximum absolute atomic E-state index is 13.3. The van der Waals surface area contributed by atoms with Crippen LogP contribution >= 0.6 is 0 Å². The number of primary sulfonamides is 1. The van der Waals surface area contributed by atoms with E-state index in [9.17, 15) is 36.0 Å². The Morgan fingerprint density at radius 3 is 2.35 bits per heavy atom. The predicted molar refractivity (Wildman–Crippen MR) is 144 cm³/mol. The van der Waals surface area contributed by atoms with E-state index >= 15 is 0 Å². The number of amides is 3. The third kappa shape index (κ3) is 6.78. The third-order valence-corrected chi connectivity index (χ3v) is 7.78. The number of sulfonamides is 1. The molecule has 2 aliphatic rings. The van der Waals surface area contributed by atoms with Gasteiger partial charge in [0.1, 0.15) is 28.5 Å². The molecule has 43 heavy (non-hydrogen) atoms. The van der Waals surface area contributed by atoms with Gasteiger partial charge in [-0.25, -0.2) is 23.3 Å². The first kappa shape index (κ1) is 31.8. The SMILES string of the molecule is COC12CN(C(=O)c3ccc(S(N)(=O)=O)cn3)C=C1CN(C(=O)OCc1ncc(C(F)(F)F)cc1NC(=O)C(C)(C)C)C2. The van der Waals surface area contributed by atoms with Crippen LogP contribution in [-0.2, 0) is 37.1 Å². The molecule has 13 nitrogen and oxygen atoms in total. The van der Waals surface area contributed by atoms with Crippen LogP contribution in [0.5, 0.6) is 0 Å². The van der Waals surface area contributed by atoms with E-state index in [1.54, 1.807) is 20.8 Å². The second kappa shape index (κ2) is 11.2. The Hall–Kier alpha value is -4.09. The zero-order valence-electron chi connectivity index (χ0n) is 23.6. The van der Waals surface area contributed by atoms with E-state index in [0.29, 0.717) is 11.8 Å². The average Bonchev–Trinajstić information content (AvgIpc) is 3.45. The molecule has 1 fully saturated rings. The zero-order valence-corrected chi connectivity index (χ0v) is 24.4. The van der Waals surface area contributed by atoms with Crippen molar-refractivity contribution in [2.45, 2.75) is 44.1 Å². The van der Waals surface area contributed by atoms with Gasteiger partial charge < -0.3 is 24.6 Å². The molecule has 17 heteroatoms. The van der Waals surface area contributed by atoms with Crippen LogP contribution in [-0.4, -0.2) is 78.4 Å². The largest absolute Gasteiger partial charge is 0.443 e. The van der Waals surface area contributed by atoms with E-state index in [0.717, 1.165) is 18.3 Å². The Labute approximate surface area is 244 Å². The van der Waals surface area contributed by atoms with E-state index < -0.39 is 57.3 Å². The van der Waals surface area contributed by atoms with Crippen LogP contribution in [0.2, 0.25) is 0 Å². The number of alkyl halides is 3. The molecule has 0 aliphatic carbocycles. The van der Waals surface area contributed by atoms with Crippen LogP contribution in [0, 0.1) is 5.41 Å². The van der Waals surface area contributed by atoms with Crippen molar-refractivity contribution in [2.75, 3.05) is 32.1 Å². The summed E-state index contributed by atoms with van der Waals surface area (Å²) in [6.45, 7) is 4.25. The highest BCUT2D eigenvalue weighted by Gasteiger charge is 2.51. The van der Waals surface area contributed by atoms with Gasteiger partial charge in [-0.15, -0.1) is 0 Å². The molecule has 4 heterocycles. The second-order valence-electron chi connectivity index (χ2n) is 11.0. The first-order valence-electron chi connectivity index (χ1n) is 12.7. The molecule has 4 rings (SSSR count). The number of carbonyl (C=O) groups is 3. The van der Waals surface area contributed by atoms with E-state index in [1.165, 1.54) is 29.2 Å². The number of nitrogens with one attached hydrogen (secondary N) is 1. The highest BCUT2D eigenvalue weighted by Crippen LogP contribution is 2.37. The molecular formula is C26H29F3N6O7S. The summed E-state index contributed by atoms with van der Waals surface area (Å²) in [6.07, 6.45) is -2.46. The molecule has 1 unspecified atom stereocenters. The fourth-order valence-electron chi connectivity index (χ4n) is 4.38. The van der Waals surface area contributed by atoms with Crippen LogP contribution in [0.25, 0.3) is 0 Å². The number of rotatable bonds is 6. The van der Waals surface area contributed by atoms with Gasteiger partial charge in [0.05, 0.1) is 24.3 Å². The van der Waals surface area contributed by atoms with Gasteiger partial charge in [0.25, 0.3) is 5.91 Å². The molecule has 2 aromatic rings. The van der Waals surface area contributed by atoms with Gasteiger partial charge in [-0.1, -0.05) is 20.8 Å². The number of hydrogen-bond donors (Lipinski definition) is 2. The number of carbonyl (C=O) groups excluding carboxylic acids is 3. The predicted octanol–water partition coefficient (Wildman–Crippen LogP) is 2.50. The topological polar surface area (TPSA) is 174 Å². The number of anilines is 1. The number of nitrogens with two attached hydrogens (primary N) is 1. The Kier molecular flexibility index (Phi) is 8.29. The first-order valence-corrected chi connectivity index (χ1v) is 14.2. The number of nitrogens with zero attached hydrogens (tertiary/aromatic N) is 4. The minimum absolute atomic E-state index is 0.0101. The molecule has 0 bridgehead atoms. The number of pyridine rings is 2. The van der Waals surface area contributed by atoms with E-state index in [-0.39, 0.29) is 41.6 Å².